The van der Waals surface area contributed by atoms with Gasteiger partial charge >= 0.3 is 0 Å². The average molecular weight is 289 g/mol. The van der Waals surface area contributed by atoms with Crippen LogP contribution in [0.1, 0.15) is 43.0 Å². The minimum absolute atomic E-state index is 0.248. The highest BCUT2D eigenvalue weighted by Gasteiger charge is 2.19. The number of rotatable bonds is 6. The van der Waals surface area contributed by atoms with E-state index in [2.05, 4.69) is 25.2 Å². The number of benzene rings is 2. The molecule has 1 N–H and O–H groups in total. The van der Waals surface area contributed by atoms with Gasteiger partial charge in [0.2, 0.25) is 0 Å². The Kier molecular flexibility index (Phi) is 5.45. The maximum absolute atomic E-state index is 14.2. The van der Waals surface area contributed by atoms with Crippen LogP contribution in [-0.4, -0.2) is 6.54 Å². The van der Waals surface area contributed by atoms with Gasteiger partial charge in [0.05, 0.1) is 6.04 Å². The van der Waals surface area contributed by atoms with Crippen molar-refractivity contribution in [3.05, 3.63) is 70.8 Å². The highest BCUT2D eigenvalue weighted by atomic mass is 19.1. The molecule has 0 heterocycles. The summed E-state index contributed by atoms with van der Waals surface area (Å²) in [5.74, 6) is -1.05. The summed E-state index contributed by atoms with van der Waals surface area (Å²) in [7, 11) is 0. The first-order chi connectivity index (χ1) is 10.2. The molecule has 112 valence electrons. The van der Waals surface area contributed by atoms with Crippen LogP contribution in [0.3, 0.4) is 0 Å². The fraction of sp³-hybridized carbons (Fsp3) is 0.333. The average Bonchev–Trinajstić information content (AvgIpc) is 2.49. The van der Waals surface area contributed by atoms with E-state index in [4.69, 9.17) is 0 Å². The van der Waals surface area contributed by atoms with Crippen LogP contribution in [0, 0.1) is 11.6 Å². The van der Waals surface area contributed by atoms with Gasteiger partial charge in [-0.2, -0.15) is 0 Å². The van der Waals surface area contributed by atoms with Crippen molar-refractivity contribution >= 4 is 0 Å². The monoisotopic (exact) mass is 289 g/mol. The number of hydrogen-bond acceptors (Lipinski definition) is 1. The van der Waals surface area contributed by atoms with Gasteiger partial charge < -0.3 is 5.32 Å². The highest BCUT2D eigenvalue weighted by Crippen LogP contribution is 2.28. The molecule has 0 saturated heterocycles. The van der Waals surface area contributed by atoms with Crippen LogP contribution in [0.25, 0.3) is 0 Å². The third-order valence-corrected chi connectivity index (χ3v) is 3.62. The summed E-state index contributed by atoms with van der Waals surface area (Å²) in [5, 5.41) is 3.37. The standard InChI is InChI=1S/C18H21F2N/c1-3-11-21-18(15-8-6-5-7-13(15)4-2)16-10-9-14(19)12-17(16)20/h5-10,12,18,21H,3-4,11H2,1-2H3. The molecule has 0 aromatic heterocycles. The maximum Gasteiger partial charge on any atom is 0.131 e. The molecule has 1 atom stereocenters. The smallest absolute Gasteiger partial charge is 0.131 e. The van der Waals surface area contributed by atoms with Crippen molar-refractivity contribution in [2.75, 3.05) is 6.54 Å². The molecule has 1 nitrogen and oxygen atoms in total. The van der Waals surface area contributed by atoms with Gasteiger partial charge in [-0.15, -0.1) is 0 Å². The van der Waals surface area contributed by atoms with Crippen LogP contribution in [-0.2, 0) is 6.42 Å². The first kappa shape index (κ1) is 15.6. The Labute approximate surface area is 125 Å². The second kappa shape index (κ2) is 7.32. The van der Waals surface area contributed by atoms with Gasteiger partial charge in [-0.25, -0.2) is 8.78 Å². The van der Waals surface area contributed by atoms with Crippen LogP contribution in [0.15, 0.2) is 42.5 Å². The van der Waals surface area contributed by atoms with E-state index in [1.165, 1.54) is 17.7 Å². The largest absolute Gasteiger partial charge is 0.306 e. The van der Waals surface area contributed by atoms with E-state index in [0.717, 1.165) is 31.0 Å². The van der Waals surface area contributed by atoms with Gasteiger partial charge in [0.25, 0.3) is 0 Å². The summed E-state index contributed by atoms with van der Waals surface area (Å²) in [6.45, 7) is 4.92. The van der Waals surface area contributed by atoms with Crippen LogP contribution >= 0.6 is 0 Å². The van der Waals surface area contributed by atoms with Gasteiger partial charge in [0.1, 0.15) is 11.6 Å². The molecule has 0 spiro atoms. The first-order valence-electron chi connectivity index (χ1n) is 7.43. The summed E-state index contributed by atoms with van der Waals surface area (Å²) in [5.41, 5.74) is 2.72. The fourth-order valence-electron chi connectivity index (χ4n) is 2.55. The third kappa shape index (κ3) is 3.67. The van der Waals surface area contributed by atoms with E-state index in [1.54, 1.807) is 0 Å². The minimum Gasteiger partial charge on any atom is -0.306 e. The van der Waals surface area contributed by atoms with Gasteiger partial charge in [-0.05, 0) is 36.6 Å². The van der Waals surface area contributed by atoms with Crippen molar-refractivity contribution in [3.63, 3.8) is 0 Å². The Morgan fingerprint density at radius 3 is 2.43 bits per heavy atom. The zero-order valence-electron chi connectivity index (χ0n) is 12.5. The van der Waals surface area contributed by atoms with Crippen LogP contribution in [0.5, 0.6) is 0 Å². The molecule has 3 heteroatoms. The number of hydrogen-bond donors (Lipinski definition) is 1. The third-order valence-electron chi connectivity index (χ3n) is 3.62. The number of nitrogens with one attached hydrogen (secondary N) is 1. The number of halogens is 2. The van der Waals surface area contributed by atoms with E-state index in [0.29, 0.717) is 5.56 Å². The Hall–Kier alpha value is -1.74. The molecule has 0 radical (unpaired) electrons. The zero-order chi connectivity index (χ0) is 15.2. The normalized spacial score (nSPS) is 12.4. The van der Waals surface area contributed by atoms with Crippen LogP contribution < -0.4 is 5.32 Å². The molecule has 0 aliphatic carbocycles. The Balaban J connectivity index is 2.47. The lowest BCUT2D eigenvalue weighted by Gasteiger charge is -2.22. The van der Waals surface area contributed by atoms with E-state index >= 15 is 0 Å². The summed E-state index contributed by atoms with van der Waals surface area (Å²) < 4.78 is 27.3. The van der Waals surface area contributed by atoms with Gasteiger partial charge in [0, 0.05) is 11.6 Å². The van der Waals surface area contributed by atoms with Gasteiger partial charge in [-0.1, -0.05) is 44.2 Å². The summed E-state index contributed by atoms with van der Waals surface area (Å²) in [6, 6.07) is 11.5. The Morgan fingerprint density at radius 1 is 1.00 bits per heavy atom. The summed E-state index contributed by atoms with van der Waals surface area (Å²) in [4.78, 5) is 0. The lowest BCUT2D eigenvalue weighted by molar-refractivity contribution is 0.531. The molecule has 0 saturated carbocycles. The topological polar surface area (TPSA) is 12.0 Å². The van der Waals surface area contributed by atoms with Crippen molar-refractivity contribution in [2.45, 2.75) is 32.7 Å². The maximum atomic E-state index is 14.2. The summed E-state index contributed by atoms with van der Waals surface area (Å²) >= 11 is 0. The molecule has 2 rings (SSSR count). The number of aryl methyl sites for hydroxylation is 1. The molecule has 1 unspecified atom stereocenters. The molecular formula is C18H21F2N. The highest BCUT2D eigenvalue weighted by molar-refractivity contribution is 5.38. The van der Waals surface area contributed by atoms with Crippen LogP contribution in [0.4, 0.5) is 8.78 Å². The van der Waals surface area contributed by atoms with Crippen molar-refractivity contribution in [1.82, 2.24) is 5.32 Å². The van der Waals surface area contributed by atoms with E-state index in [1.807, 2.05) is 18.2 Å². The zero-order valence-corrected chi connectivity index (χ0v) is 12.5. The van der Waals surface area contributed by atoms with Crippen molar-refractivity contribution in [1.29, 1.82) is 0 Å². The van der Waals surface area contributed by atoms with E-state index in [-0.39, 0.29) is 6.04 Å². The molecule has 0 aliphatic rings. The molecule has 2 aromatic rings. The van der Waals surface area contributed by atoms with Gasteiger partial charge in [-0.3, -0.25) is 0 Å². The first-order valence-corrected chi connectivity index (χ1v) is 7.43. The minimum atomic E-state index is -0.547. The Morgan fingerprint density at radius 2 is 1.76 bits per heavy atom. The van der Waals surface area contributed by atoms with Crippen molar-refractivity contribution in [2.24, 2.45) is 0 Å². The molecule has 0 amide bonds. The predicted octanol–water partition coefficient (Wildman–Crippen LogP) is 4.62. The molecule has 2 aromatic carbocycles. The Bertz CT molecular complexity index is 596. The van der Waals surface area contributed by atoms with Gasteiger partial charge in [0.15, 0.2) is 0 Å². The molecule has 21 heavy (non-hydrogen) atoms. The van der Waals surface area contributed by atoms with Crippen molar-refractivity contribution < 1.29 is 8.78 Å². The second-order valence-corrected chi connectivity index (χ2v) is 5.11. The predicted molar refractivity (Wildman–Crippen MR) is 82.3 cm³/mol. The lowest BCUT2D eigenvalue weighted by atomic mass is 9.93. The van der Waals surface area contributed by atoms with Crippen LogP contribution in [0.2, 0.25) is 0 Å². The van der Waals surface area contributed by atoms with E-state index < -0.39 is 11.6 Å². The van der Waals surface area contributed by atoms with E-state index in [9.17, 15) is 8.78 Å². The molecule has 0 aliphatic heterocycles. The fourth-order valence-corrected chi connectivity index (χ4v) is 2.55. The molecular weight excluding hydrogens is 268 g/mol. The lowest BCUT2D eigenvalue weighted by Crippen LogP contribution is -2.25. The molecule has 0 fully saturated rings. The quantitative estimate of drug-likeness (QED) is 0.818. The SMILES string of the molecule is CCCNC(c1ccc(F)cc1F)c1ccccc1CC. The molecule has 0 bridgehead atoms. The summed E-state index contributed by atoms with van der Waals surface area (Å²) in [6.07, 6.45) is 1.83. The second-order valence-electron chi connectivity index (χ2n) is 5.11. The van der Waals surface area contributed by atoms with Crippen molar-refractivity contribution in [3.8, 4) is 0 Å².